The average molecular weight is 320 g/mol. The smallest absolute Gasteiger partial charge is 0.347 e. The van der Waals surface area contributed by atoms with Crippen LogP contribution in [0.2, 0.25) is 0 Å². The fourth-order valence-electron chi connectivity index (χ4n) is 2.78. The molecular weight excluding hydrogens is 303 g/mol. The van der Waals surface area contributed by atoms with Crippen LogP contribution >= 0.6 is 7.60 Å². The van der Waals surface area contributed by atoms with Crippen molar-refractivity contribution in [3.05, 3.63) is 71.8 Å². The van der Waals surface area contributed by atoms with Gasteiger partial charge >= 0.3 is 13.6 Å². The summed E-state index contributed by atoms with van der Waals surface area (Å²) in [5.74, 6) is -2.45. The van der Waals surface area contributed by atoms with E-state index in [1.54, 1.807) is 48.5 Å². The van der Waals surface area contributed by atoms with Crippen LogP contribution in [0.5, 0.6) is 0 Å². The number of carboxylic acid groups (broad SMARTS) is 1. The lowest BCUT2D eigenvalue weighted by atomic mass is 9.81. The molecule has 5 nitrogen and oxygen atoms in total. The summed E-state index contributed by atoms with van der Waals surface area (Å²) in [6.45, 7) is 1.52. The van der Waals surface area contributed by atoms with E-state index in [-0.39, 0.29) is 5.56 Å². The van der Waals surface area contributed by atoms with Gasteiger partial charge in [-0.3, -0.25) is 9.36 Å². The van der Waals surface area contributed by atoms with Crippen LogP contribution < -0.4 is 0 Å². The third-order valence-corrected chi connectivity index (χ3v) is 5.68. The average Bonchev–Trinajstić information content (AvgIpc) is 2.48. The topological polar surface area (TPSA) is 94.8 Å². The first kappa shape index (κ1) is 16.4. The minimum Gasteiger partial charge on any atom is -0.480 e. The molecule has 6 heteroatoms. The summed E-state index contributed by atoms with van der Waals surface area (Å²) >= 11 is 0. The highest BCUT2D eigenvalue weighted by atomic mass is 31.2. The van der Waals surface area contributed by atoms with Gasteiger partial charge in [-0.25, -0.2) is 0 Å². The zero-order valence-corrected chi connectivity index (χ0v) is 12.9. The van der Waals surface area contributed by atoms with Crippen LogP contribution in [0.4, 0.5) is 0 Å². The van der Waals surface area contributed by atoms with Gasteiger partial charge in [-0.15, -0.1) is 0 Å². The van der Waals surface area contributed by atoms with E-state index >= 15 is 0 Å². The van der Waals surface area contributed by atoms with Gasteiger partial charge in [-0.2, -0.15) is 0 Å². The van der Waals surface area contributed by atoms with E-state index in [1.165, 1.54) is 19.1 Å². The Labute approximate surface area is 128 Å². The van der Waals surface area contributed by atoms with Crippen molar-refractivity contribution < 1.29 is 24.3 Å². The zero-order chi connectivity index (χ0) is 16.4. The molecule has 2 aromatic rings. The summed E-state index contributed by atoms with van der Waals surface area (Å²) < 4.78 is 12.2. The van der Waals surface area contributed by atoms with Crippen molar-refractivity contribution in [1.29, 1.82) is 0 Å². The molecule has 0 aliphatic heterocycles. The van der Waals surface area contributed by atoms with Gasteiger partial charge in [0.1, 0.15) is 0 Å². The number of hydrogen-bond acceptors (Lipinski definition) is 2. The van der Waals surface area contributed by atoms with Crippen molar-refractivity contribution in [2.45, 2.75) is 18.0 Å². The number of carbonyl (C=O) groups is 1. The molecule has 0 amide bonds. The van der Waals surface area contributed by atoms with Crippen LogP contribution in [-0.2, 0) is 14.5 Å². The molecule has 116 valence electrons. The number of rotatable bonds is 5. The fourth-order valence-corrected chi connectivity index (χ4v) is 4.17. The Morgan fingerprint density at radius 1 is 1.00 bits per heavy atom. The number of aliphatic carboxylic acids is 1. The minimum absolute atomic E-state index is 0.0900. The molecule has 0 aliphatic rings. The maximum atomic E-state index is 12.2. The standard InChI is InChI=1S/C16H17O5P/c1-12(13-8-4-2-5-9-13)16(15(17)18,22(19,20)21)14-10-6-3-7-11-14/h2-12H,1H3,(H,17,18)(H2,19,20,21). The molecule has 0 saturated carbocycles. The molecule has 0 saturated heterocycles. The molecule has 0 fully saturated rings. The molecule has 0 aliphatic carbocycles. The summed E-state index contributed by atoms with van der Waals surface area (Å²) in [5.41, 5.74) is 0.643. The Bertz CT molecular complexity index is 695. The van der Waals surface area contributed by atoms with Gasteiger partial charge in [0.15, 0.2) is 5.16 Å². The van der Waals surface area contributed by atoms with Crippen molar-refractivity contribution >= 4 is 13.6 Å². The molecule has 0 aromatic heterocycles. The Morgan fingerprint density at radius 3 is 1.86 bits per heavy atom. The Balaban J connectivity index is 2.75. The number of benzene rings is 2. The van der Waals surface area contributed by atoms with Gasteiger partial charge in [0.2, 0.25) is 0 Å². The van der Waals surface area contributed by atoms with Gasteiger partial charge in [-0.1, -0.05) is 67.6 Å². The van der Waals surface area contributed by atoms with Gasteiger partial charge in [0, 0.05) is 5.92 Å². The first-order chi connectivity index (χ1) is 10.3. The van der Waals surface area contributed by atoms with Crippen LogP contribution in [0.1, 0.15) is 24.0 Å². The summed E-state index contributed by atoms with van der Waals surface area (Å²) in [6, 6.07) is 16.2. The molecule has 2 aromatic carbocycles. The predicted octanol–water partition coefficient (Wildman–Crippen LogP) is 2.95. The lowest BCUT2D eigenvalue weighted by Gasteiger charge is -2.36. The number of hydrogen-bond donors (Lipinski definition) is 3. The monoisotopic (exact) mass is 320 g/mol. The van der Waals surface area contributed by atoms with E-state index in [0.29, 0.717) is 5.56 Å². The summed E-state index contributed by atoms with van der Waals surface area (Å²) in [6.07, 6.45) is 0. The maximum Gasteiger partial charge on any atom is 0.347 e. The van der Waals surface area contributed by atoms with Crippen molar-refractivity contribution in [2.24, 2.45) is 0 Å². The molecule has 0 spiro atoms. The molecule has 0 heterocycles. The van der Waals surface area contributed by atoms with Gasteiger partial charge in [-0.05, 0) is 11.1 Å². The lowest BCUT2D eigenvalue weighted by Crippen LogP contribution is -2.40. The first-order valence-corrected chi connectivity index (χ1v) is 8.32. The highest BCUT2D eigenvalue weighted by Crippen LogP contribution is 2.63. The second-order valence-electron chi connectivity index (χ2n) is 5.11. The van der Waals surface area contributed by atoms with Crippen LogP contribution in [0.25, 0.3) is 0 Å². The van der Waals surface area contributed by atoms with E-state index in [1.807, 2.05) is 0 Å². The van der Waals surface area contributed by atoms with E-state index in [2.05, 4.69) is 0 Å². The number of carboxylic acids is 1. The minimum atomic E-state index is -5.01. The SMILES string of the molecule is CC(c1ccccc1)C(C(=O)O)(c1ccccc1)P(=O)(O)O. The third-order valence-electron chi connectivity index (χ3n) is 3.93. The zero-order valence-electron chi connectivity index (χ0n) is 12.0. The van der Waals surface area contributed by atoms with Crippen molar-refractivity contribution in [2.75, 3.05) is 0 Å². The summed E-state index contributed by atoms with van der Waals surface area (Å²) in [5, 5.41) is 7.43. The molecule has 2 unspecified atom stereocenters. The van der Waals surface area contributed by atoms with Crippen molar-refractivity contribution in [3.63, 3.8) is 0 Å². The van der Waals surface area contributed by atoms with Gasteiger partial charge in [0.05, 0.1) is 0 Å². The molecular formula is C16H17O5P. The van der Waals surface area contributed by atoms with Gasteiger partial charge in [0.25, 0.3) is 0 Å². The molecule has 2 atom stereocenters. The van der Waals surface area contributed by atoms with E-state index < -0.39 is 24.6 Å². The molecule has 0 radical (unpaired) electrons. The van der Waals surface area contributed by atoms with Crippen LogP contribution in [0, 0.1) is 0 Å². The lowest BCUT2D eigenvalue weighted by molar-refractivity contribution is -0.141. The second-order valence-corrected chi connectivity index (χ2v) is 6.91. The van der Waals surface area contributed by atoms with Crippen LogP contribution in [0.3, 0.4) is 0 Å². The molecule has 22 heavy (non-hydrogen) atoms. The molecule has 2 rings (SSSR count). The summed E-state index contributed by atoms with van der Waals surface area (Å²) in [7, 11) is -5.01. The highest BCUT2D eigenvalue weighted by molar-refractivity contribution is 7.54. The largest absolute Gasteiger partial charge is 0.480 e. The normalized spacial score (nSPS) is 15.8. The van der Waals surface area contributed by atoms with E-state index in [0.717, 1.165) is 0 Å². The van der Waals surface area contributed by atoms with Crippen LogP contribution in [-0.4, -0.2) is 20.9 Å². The quantitative estimate of drug-likeness (QED) is 0.736. The second kappa shape index (κ2) is 6.05. The Morgan fingerprint density at radius 2 is 1.45 bits per heavy atom. The van der Waals surface area contributed by atoms with Crippen molar-refractivity contribution in [3.8, 4) is 0 Å². The molecule has 0 bridgehead atoms. The van der Waals surface area contributed by atoms with E-state index in [9.17, 15) is 24.3 Å². The summed E-state index contributed by atoms with van der Waals surface area (Å²) in [4.78, 5) is 31.8. The van der Waals surface area contributed by atoms with Gasteiger partial charge < -0.3 is 14.9 Å². The maximum absolute atomic E-state index is 12.2. The highest BCUT2D eigenvalue weighted by Gasteiger charge is 2.59. The van der Waals surface area contributed by atoms with Crippen molar-refractivity contribution in [1.82, 2.24) is 0 Å². The first-order valence-electron chi connectivity index (χ1n) is 6.71. The predicted molar refractivity (Wildman–Crippen MR) is 82.7 cm³/mol. The van der Waals surface area contributed by atoms with Crippen LogP contribution in [0.15, 0.2) is 60.7 Å². The third kappa shape index (κ3) is 2.59. The molecule has 3 N–H and O–H groups in total. The fraction of sp³-hybridized carbons (Fsp3) is 0.188. The Hall–Kier alpha value is -1.94. The van der Waals surface area contributed by atoms with E-state index in [4.69, 9.17) is 0 Å². The Kier molecular flexibility index (Phi) is 4.52.